The fourth-order valence-electron chi connectivity index (χ4n) is 4.09. The quantitative estimate of drug-likeness (QED) is 0.685. The molecule has 1 atom stereocenters. The predicted molar refractivity (Wildman–Crippen MR) is 119 cm³/mol. The van der Waals surface area contributed by atoms with Gasteiger partial charge in [-0.2, -0.15) is 5.10 Å². The lowest BCUT2D eigenvalue weighted by molar-refractivity contribution is -0.0432. The molecule has 1 saturated heterocycles. The van der Waals surface area contributed by atoms with Gasteiger partial charge in [0.15, 0.2) is 0 Å². The van der Waals surface area contributed by atoms with Crippen molar-refractivity contribution in [3.8, 4) is 11.5 Å². The van der Waals surface area contributed by atoms with Gasteiger partial charge in [-0.1, -0.05) is 28.1 Å². The third-order valence-electron chi connectivity index (χ3n) is 5.95. The number of nitrogens with zero attached hydrogens (tertiary/aromatic N) is 3. The highest BCUT2D eigenvalue weighted by atomic mass is 79.9. The molecule has 0 amide bonds. The Labute approximate surface area is 181 Å². The van der Waals surface area contributed by atoms with Crippen LogP contribution in [0.2, 0.25) is 0 Å². The first-order valence-corrected chi connectivity index (χ1v) is 11.0. The second-order valence-electron chi connectivity index (χ2n) is 8.17. The molecule has 1 N–H and O–H groups in total. The summed E-state index contributed by atoms with van der Waals surface area (Å²) in [4.78, 5) is 2.42. The third kappa shape index (κ3) is 5.38. The van der Waals surface area contributed by atoms with E-state index in [2.05, 4.69) is 38.1 Å². The Balaban J connectivity index is 1.26. The first-order valence-electron chi connectivity index (χ1n) is 10.2. The molecule has 2 aromatic rings. The van der Waals surface area contributed by atoms with Gasteiger partial charge in [0.1, 0.15) is 11.5 Å². The molecule has 1 fully saturated rings. The number of likely N-dealkylation sites (tertiary alicyclic amines) is 1. The van der Waals surface area contributed by atoms with Crippen LogP contribution in [0.4, 0.5) is 0 Å². The summed E-state index contributed by atoms with van der Waals surface area (Å²) in [6.45, 7) is 2.75. The van der Waals surface area contributed by atoms with Gasteiger partial charge < -0.3 is 9.84 Å². The normalized spacial score (nSPS) is 21.5. The van der Waals surface area contributed by atoms with Crippen LogP contribution in [0.15, 0.2) is 58.1 Å². The summed E-state index contributed by atoms with van der Waals surface area (Å²) in [5, 5.41) is 17.3. The number of hydrogen-bond acceptors (Lipinski definition) is 5. The summed E-state index contributed by atoms with van der Waals surface area (Å²) in [5.41, 5.74) is 0.702. The lowest BCUT2D eigenvalue weighted by Crippen LogP contribution is -2.47. The molecule has 6 heteroatoms. The maximum Gasteiger partial charge on any atom is 0.127 e. The molecule has 1 unspecified atom stereocenters. The fraction of sp³-hybridized carbons (Fsp3) is 0.435. The molecule has 2 heterocycles. The molecule has 4 rings (SSSR count). The average molecular weight is 458 g/mol. The second kappa shape index (κ2) is 8.86. The molecule has 0 spiro atoms. The van der Waals surface area contributed by atoms with Crippen LogP contribution in [0.5, 0.6) is 11.5 Å². The number of piperidine rings is 1. The second-order valence-corrected chi connectivity index (χ2v) is 9.08. The highest BCUT2D eigenvalue weighted by molar-refractivity contribution is 9.10. The van der Waals surface area contributed by atoms with Gasteiger partial charge in [0.25, 0.3) is 0 Å². The minimum atomic E-state index is -0.564. The molecular weight excluding hydrogens is 430 g/mol. The first kappa shape index (κ1) is 20.4. The third-order valence-corrected chi connectivity index (χ3v) is 6.48. The topological polar surface area (TPSA) is 48.3 Å². The Bertz CT molecular complexity index is 830. The Kier molecular flexibility index (Phi) is 6.23. The van der Waals surface area contributed by atoms with E-state index >= 15 is 0 Å². The van der Waals surface area contributed by atoms with Crippen LogP contribution in [0.25, 0.3) is 0 Å². The van der Waals surface area contributed by atoms with Crippen LogP contribution in [0.1, 0.15) is 31.2 Å². The van der Waals surface area contributed by atoms with Gasteiger partial charge in [0.05, 0.1) is 11.6 Å². The minimum Gasteiger partial charge on any atom is -0.457 e. The zero-order valence-corrected chi connectivity index (χ0v) is 18.4. The molecule has 2 aliphatic rings. The molecule has 2 aromatic carbocycles. The standard InChI is InChI=1S/C23H28BrN3O2/c1-26-20(10-13-25-26)16-23(28)11-14-27(15-12-23)17-18-2-6-21(7-3-18)29-22-8-4-19(24)5-9-22/h2-9,13,20,28H,10-12,14-17H2,1H3. The molecule has 5 nitrogen and oxygen atoms in total. The summed E-state index contributed by atoms with van der Waals surface area (Å²) in [7, 11) is 2.00. The Morgan fingerprint density at radius 1 is 1.07 bits per heavy atom. The number of aliphatic hydroxyl groups is 1. The van der Waals surface area contributed by atoms with E-state index < -0.39 is 5.60 Å². The van der Waals surface area contributed by atoms with Crippen molar-refractivity contribution in [2.24, 2.45) is 5.10 Å². The number of benzene rings is 2. The number of rotatable bonds is 6. The van der Waals surface area contributed by atoms with E-state index in [4.69, 9.17) is 4.74 Å². The van der Waals surface area contributed by atoms with Crippen molar-refractivity contribution in [3.63, 3.8) is 0 Å². The minimum absolute atomic E-state index is 0.338. The van der Waals surface area contributed by atoms with Crippen molar-refractivity contribution in [2.45, 2.75) is 43.9 Å². The predicted octanol–water partition coefficient (Wildman–Crippen LogP) is 4.65. The summed E-state index contributed by atoms with van der Waals surface area (Å²) < 4.78 is 6.93. The van der Waals surface area contributed by atoms with E-state index in [1.807, 2.05) is 54.7 Å². The molecule has 0 aromatic heterocycles. The summed E-state index contributed by atoms with van der Waals surface area (Å²) >= 11 is 3.44. The zero-order chi connectivity index (χ0) is 20.3. The number of ether oxygens (including phenoxy) is 1. The smallest absolute Gasteiger partial charge is 0.127 e. The van der Waals surface area contributed by atoms with Crippen LogP contribution < -0.4 is 4.74 Å². The molecule has 0 bridgehead atoms. The van der Waals surface area contributed by atoms with Crippen LogP contribution in [-0.4, -0.2) is 53.0 Å². The molecule has 29 heavy (non-hydrogen) atoms. The molecule has 2 aliphatic heterocycles. The Morgan fingerprint density at radius 2 is 1.69 bits per heavy atom. The van der Waals surface area contributed by atoms with Crippen molar-refractivity contribution in [1.29, 1.82) is 0 Å². The Morgan fingerprint density at radius 3 is 2.28 bits per heavy atom. The summed E-state index contributed by atoms with van der Waals surface area (Å²) in [6, 6.07) is 16.5. The molecule has 0 aliphatic carbocycles. The van der Waals surface area contributed by atoms with Crippen molar-refractivity contribution in [2.75, 3.05) is 20.1 Å². The zero-order valence-electron chi connectivity index (χ0n) is 16.8. The number of hydrazone groups is 1. The first-order chi connectivity index (χ1) is 14.0. The highest BCUT2D eigenvalue weighted by Crippen LogP contribution is 2.31. The van der Waals surface area contributed by atoms with Gasteiger partial charge >= 0.3 is 0 Å². The van der Waals surface area contributed by atoms with Crippen LogP contribution in [0.3, 0.4) is 0 Å². The summed E-state index contributed by atoms with van der Waals surface area (Å²) in [6.07, 6.45) is 5.34. The van der Waals surface area contributed by atoms with Crippen LogP contribution in [0, 0.1) is 0 Å². The maximum atomic E-state index is 11.0. The van der Waals surface area contributed by atoms with Gasteiger partial charge in [-0.3, -0.25) is 9.91 Å². The van der Waals surface area contributed by atoms with Crippen LogP contribution >= 0.6 is 15.9 Å². The van der Waals surface area contributed by atoms with Gasteiger partial charge in [0.2, 0.25) is 0 Å². The van der Waals surface area contributed by atoms with Crippen molar-refractivity contribution < 1.29 is 9.84 Å². The monoisotopic (exact) mass is 457 g/mol. The SMILES string of the molecule is CN1N=CCC1CC1(O)CCN(Cc2ccc(Oc3ccc(Br)cc3)cc2)CC1. The van der Waals surface area contributed by atoms with E-state index in [9.17, 15) is 5.11 Å². The molecule has 0 radical (unpaired) electrons. The number of hydrogen-bond donors (Lipinski definition) is 1. The fourth-order valence-corrected chi connectivity index (χ4v) is 4.35. The van der Waals surface area contributed by atoms with Gasteiger partial charge in [-0.05, 0) is 61.2 Å². The van der Waals surface area contributed by atoms with E-state index in [1.54, 1.807) is 0 Å². The van der Waals surface area contributed by atoms with E-state index in [1.165, 1.54) is 5.56 Å². The van der Waals surface area contributed by atoms with Gasteiger partial charge in [-0.15, -0.1) is 0 Å². The maximum absolute atomic E-state index is 11.0. The van der Waals surface area contributed by atoms with Crippen molar-refractivity contribution in [3.05, 3.63) is 58.6 Å². The van der Waals surface area contributed by atoms with E-state index in [0.29, 0.717) is 6.04 Å². The van der Waals surface area contributed by atoms with Crippen molar-refractivity contribution in [1.82, 2.24) is 9.91 Å². The van der Waals surface area contributed by atoms with E-state index in [0.717, 1.165) is 61.3 Å². The summed E-state index contributed by atoms with van der Waals surface area (Å²) in [5.74, 6) is 1.67. The molecule has 154 valence electrons. The lowest BCUT2D eigenvalue weighted by Gasteiger charge is -2.40. The van der Waals surface area contributed by atoms with E-state index in [-0.39, 0.29) is 0 Å². The molecular formula is C23H28BrN3O2. The average Bonchev–Trinajstić information content (AvgIpc) is 3.11. The largest absolute Gasteiger partial charge is 0.457 e. The lowest BCUT2D eigenvalue weighted by atomic mass is 9.84. The van der Waals surface area contributed by atoms with Gasteiger partial charge in [-0.25, -0.2) is 0 Å². The van der Waals surface area contributed by atoms with Crippen LogP contribution in [-0.2, 0) is 6.54 Å². The van der Waals surface area contributed by atoms with Gasteiger partial charge in [0, 0.05) is 43.8 Å². The number of halogens is 1. The highest BCUT2D eigenvalue weighted by Gasteiger charge is 2.36. The van der Waals surface area contributed by atoms with Crippen molar-refractivity contribution >= 4 is 22.1 Å². The molecule has 0 saturated carbocycles. The Hall–Kier alpha value is -1.89.